The summed E-state index contributed by atoms with van der Waals surface area (Å²) in [5.41, 5.74) is 0.899. The first kappa shape index (κ1) is 15.7. The average Bonchev–Trinajstić information content (AvgIpc) is 2.31. The van der Waals surface area contributed by atoms with E-state index in [1.807, 2.05) is 14.0 Å². The molecule has 2 N–H and O–H groups in total. The number of aryl methyl sites for hydroxylation is 1. The highest BCUT2D eigenvalue weighted by Gasteiger charge is 2.10. The maximum Gasteiger partial charge on any atom is 0.149 e. The topological polar surface area (TPSA) is 84.0 Å². The van der Waals surface area contributed by atoms with Crippen molar-refractivity contribution >= 4 is 21.5 Å². The SMILES string of the molecule is CCCc1nc(NC)c(C)c(NCCS(C)(=O)=O)n1. The van der Waals surface area contributed by atoms with Crippen molar-refractivity contribution in [3.63, 3.8) is 0 Å². The average molecular weight is 286 g/mol. The maximum atomic E-state index is 11.1. The van der Waals surface area contributed by atoms with E-state index in [-0.39, 0.29) is 5.75 Å². The number of sulfone groups is 1. The van der Waals surface area contributed by atoms with Crippen LogP contribution < -0.4 is 10.6 Å². The summed E-state index contributed by atoms with van der Waals surface area (Å²) in [7, 11) is -1.15. The first-order chi connectivity index (χ1) is 8.87. The molecule has 0 unspecified atom stereocenters. The summed E-state index contributed by atoms with van der Waals surface area (Å²) in [6, 6.07) is 0. The molecule has 108 valence electrons. The Balaban J connectivity index is 2.88. The first-order valence-corrected chi connectivity index (χ1v) is 8.40. The first-order valence-electron chi connectivity index (χ1n) is 6.34. The quantitative estimate of drug-likeness (QED) is 0.784. The van der Waals surface area contributed by atoms with Gasteiger partial charge in [0, 0.05) is 31.8 Å². The molecule has 19 heavy (non-hydrogen) atoms. The Kier molecular flexibility index (Phi) is 5.53. The fourth-order valence-corrected chi connectivity index (χ4v) is 2.14. The summed E-state index contributed by atoms with van der Waals surface area (Å²) >= 11 is 0. The molecule has 0 spiro atoms. The Bertz CT molecular complexity index is 529. The second-order valence-corrected chi connectivity index (χ2v) is 6.78. The lowest BCUT2D eigenvalue weighted by Crippen LogP contribution is -2.17. The van der Waals surface area contributed by atoms with Crippen molar-refractivity contribution in [2.45, 2.75) is 26.7 Å². The van der Waals surface area contributed by atoms with Gasteiger partial charge in [0.05, 0.1) is 5.75 Å². The highest BCUT2D eigenvalue weighted by atomic mass is 32.2. The zero-order chi connectivity index (χ0) is 14.5. The van der Waals surface area contributed by atoms with Crippen molar-refractivity contribution in [2.75, 3.05) is 36.2 Å². The molecule has 6 nitrogen and oxygen atoms in total. The number of rotatable bonds is 7. The van der Waals surface area contributed by atoms with Crippen molar-refractivity contribution in [3.05, 3.63) is 11.4 Å². The van der Waals surface area contributed by atoms with Gasteiger partial charge < -0.3 is 10.6 Å². The molecule has 0 saturated carbocycles. The zero-order valence-electron chi connectivity index (χ0n) is 11.9. The van der Waals surface area contributed by atoms with Crippen molar-refractivity contribution in [1.29, 1.82) is 0 Å². The third kappa shape index (κ3) is 5.02. The molecule has 0 aliphatic rings. The van der Waals surface area contributed by atoms with E-state index in [1.54, 1.807) is 0 Å². The van der Waals surface area contributed by atoms with E-state index >= 15 is 0 Å². The van der Waals surface area contributed by atoms with Gasteiger partial charge in [-0.2, -0.15) is 0 Å². The highest BCUT2D eigenvalue weighted by Crippen LogP contribution is 2.19. The molecule has 1 aromatic heterocycles. The molecule has 0 aliphatic heterocycles. The number of nitrogens with one attached hydrogen (secondary N) is 2. The van der Waals surface area contributed by atoms with Gasteiger partial charge in [-0.15, -0.1) is 0 Å². The summed E-state index contributed by atoms with van der Waals surface area (Å²) < 4.78 is 22.2. The van der Waals surface area contributed by atoms with Gasteiger partial charge in [-0.25, -0.2) is 18.4 Å². The maximum absolute atomic E-state index is 11.1. The normalized spacial score (nSPS) is 11.4. The molecule has 0 aromatic carbocycles. The summed E-state index contributed by atoms with van der Waals surface area (Å²) in [5.74, 6) is 2.33. The van der Waals surface area contributed by atoms with Crippen molar-refractivity contribution in [3.8, 4) is 0 Å². The molecule has 7 heteroatoms. The largest absolute Gasteiger partial charge is 0.373 e. The number of hydrogen-bond acceptors (Lipinski definition) is 6. The smallest absolute Gasteiger partial charge is 0.149 e. The summed E-state index contributed by atoms with van der Waals surface area (Å²) in [4.78, 5) is 8.85. The molecule has 1 rings (SSSR count). The molecular formula is C12H22N4O2S. The van der Waals surface area contributed by atoms with Gasteiger partial charge >= 0.3 is 0 Å². The molecule has 0 radical (unpaired) electrons. The second-order valence-electron chi connectivity index (χ2n) is 4.52. The molecule has 0 fully saturated rings. The second kappa shape index (κ2) is 6.70. The van der Waals surface area contributed by atoms with Crippen molar-refractivity contribution in [1.82, 2.24) is 9.97 Å². The molecule has 1 heterocycles. The van der Waals surface area contributed by atoms with Crippen LogP contribution in [0.2, 0.25) is 0 Å². The Morgan fingerprint density at radius 1 is 1.21 bits per heavy atom. The van der Waals surface area contributed by atoms with Gasteiger partial charge in [0.2, 0.25) is 0 Å². The molecule has 0 saturated heterocycles. The van der Waals surface area contributed by atoms with Gasteiger partial charge in [0.25, 0.3) is 0 Å². The van der Waals surface area contributed by atoms with Crippen LogP contribution in [-0.4, -0.2) is 44.0 Å². The standard InChI is InChI=1S/C12H22N4O2S/c1-5-6-10-15-11(13-3)9(2)12(16-10)14-7-8-19(4,17)18/h5-8H2,1-4H3,(H2,13,14,15,16). The van der Waals surface area contributed by atoms with Crippen LogP contribution in [0.15, 0.2) is 0 Å². The summed E-state index contributed by atoms with van der Waals surface area (Å²) in [6.45, 7) is 4.33. The summed E-state index contributed by atoms with van der Waals surface area (Å²) in [5, 5.41) is 6.10. The van der Waals surface area contributed by atoms with Crippen molar-refractivity contribution in [2.24, 2.45) is 0 Å². The van der Waals surface area contributed by atoms with E-state index in [9.17, 15) is 8.42 Å². The van der Waals surface area contributed by atoms with Gasteiger partial charge in [-0.05, 0) is 13.3 Å². The lowest BCUT2D eigenvalue weighted by Gasteiger charge is -2.13. The Morgan fingerprint density at radius 3 is 2.37 bits per heavy atom. The zero-order valence-corrected chi connectivity index (χ0v) is 12.8. The Labute approximate surface area is 115 Å². The van der Waals surface area contributed by atoms with E-state index in [4.69, 9.17) is 0 Å². The van der Waals surface area contributed by atoms with Crippen LogP contribution >= 0.6 is 0 Å². The minimum absolute atomic E-state index is 0.0917. The van der Waals surface area contributed by atoms with Gasteiger partial charge in [-0.1, -0.05) is 6.92 Å². The van der Waals surface area contributed by atoms with E-state index in [0.29, 0.717) is 12.4 Å². The molecular weight excluding hydrogens is 264 g/mol. The van der Waals surface area contributed by atoms with Crippen LogP contribution in [0.5, 0.6) is 0 Å². The summed E-state index contributed by atoms with van der Waals surface area (Å²) in [6.07, 6.45) is 2.99. The molecule has 0 amide bonds. The molecule has 0 aliphatic carbocycles. The third-order valence-electron chi connectivity index (χ3n) is 2.67. The fourth-order valence-electron chi connectivity index (χ4n) is 1.67. The molecule has 0 bridgehead atoms. The Hall–Kier alpha value is -1.37. The van der Waals surface area contributed by atoms with Crippen molar-refractivity contribution < 1.29 is 8.42 Å². The molecule has 1 aromatic rings. The van der Waals surface area contributed by atoms with Crippen LogP contribution in [0.4, 0.5) is 11.6 Å². The lowest BCUT2D eigenvalue weighted by molar-refractivity contribution is 0.602. The van der Waals surface area contributed by atoms with E-state index < -0.39 is 9.84 Å². The van der Waals surface area contributed by atoms with Gasteiger partial charge in [0.1, 0.15) is 27.3 Å². The number of anilines is 2. The predicted octanol–water partition coefficient (Wildman–Crippen LogP) is 1.24. The van der Waals surface area contributed by atoms with Gasteiger partial charge in [0.15, 0.2) is 0 Å². The Morgan fingerprint density at radius 2 is 1.84 bits per heavy atom. The van der Waals surface area contributed by atoms with Crippen LogP contribution in [0.3, 0.4) is 0 Å². The van der Waals surface area contributed by atoms with Gasteiger partial charge in [-0.3, -0.25) is 0 Å². The number of aromatic nitrogens is 2. The minimum atomic E-state index is -2.96. The van der Waals surface area contributed by atoms with Crippen LogP contribution in [0.25, 0.3) is 0 Å². The van der Waals surface area contributed by atoms with Crippen LogP contribution in [0.1, 0.15) is 24.7 Å². The minimum Gasteiger partial charge on any atom is -0.373 e. The fraction of sp³-hybridized carbons (Fsp3) is 0.667. The van der Waals surface area contributed by atoms with E-state index in [2.05, 4.69) is 27.5 Å². The third-order valence-corrected chi connectivity index (χ3v) is 3.61. The highest BCUT2D eigenvalue weighted by molar-refractivity contribution is 7.90. The number of nitrogens with zero attached hydrogens (tertiary/aromatic N) is 2. The monoisotopic (exact) mass is 286 g/mol. The molecule has 0 atom stereocenters. The number of hydrogen-bond donors (Lipinski definition) is 2. The van der Waals surface area contributed by atoms with Crippen LogP contribution in [-0.2, 0) is 16.3 Å². The van der Waals surface area contributed by atoms with E-state index in [0.717, 1.165) is 30.0 Å². The predicted molar refractivity (Wildman–Crippen MR) is 78.5 cm³/mol. The van der Waals surface area contributed by atoms with E-state index in [1.165, 1.54) is 6.26 Å². The van der Waals surface area contributed by atoms with Crippen LogP contribution in [0, 0.1) is 6.92 Å². The lowest BCUT2D eigenvalue weighted by atomic mass is 10.2.